The zero-order valence-electron chi connectivity index (χ0n) is 14.9. The number of hydrogen-bond acceptors (Lipinski definition) is 4. The van der Waals surface area contributed by atoms with E-state index in [-0.39, 0.29) is 5.56 Å². The minimum atomic E-state index is -0.180. The molecule has 0 spiro atoms. The van der Waals surface area contributed by atoms with Crippen LogP contribution < -0.4 is 10.3 Å². The van der Waals surface area contributed by atoms with Gasteiger partial charge >= 0.3 is 0 Å². The van der Waals surface area contributed by atoms with Crippen molar-refractivity contribution in [2.45, 2.75) is 20.8 Å². The fourth-order valence-corrected chi connectivity index (χ4v) is 2.98. The molecule has 0 radical (unpaired) electrons. The van der Waals surface area contributed by atoms with E-state index in [9.17, 15) is 4.79 Å². The molecule has 0 saturated heterocycles. The van der Waals surface area contributed by atoms with E-state index >= 15 is 0 Å². The quantitative estimate of drug-likeness (QED) is 0.582. The largest absolute Gasteiger partial charge is 0.492 e. The molecule has 26 heavy (non-hydrogen) atoms. The highest BCUT2D eigenvalue weighted by molar-refractivity contribution is 9.10. The highest BCUT2D eigenvalue weighted by atomic mass is 79.9. The van der Waals surface area contributed by atoms with Gasteiger partial charge in [-0.25, -0.2) is 4.98 Å². The number of benzene rings is 2. The molecule has 5 nitrogen and oxygen atoms in total. The van der Waals surface area contributed by atoms with Crippen LogP contribution in [-0.4, -0.2) is 22.5 Å². The van der Waals surface area contributed by atoms with Crippen LogP contribution in [0.1, 0.15) is 25.2 Å². The Labute approximate surface area is 160 Å². The molecule has 1 aromatic heterocycles. The molecule has 0 aliphatic rings. The van der Waals surface area contributed by atoms with Gasteiger partial charge in [-0.1, -0.05) is 26.0 Å². The smallest absolute Gasteiger partial charge is 0.282 e. The first-order valence-corrected chi connectivity index (χ1v) is 9.20. The lowest BCUT2D eigenvalue weighted by Crippen LogP contribution is -2.20. The van der Waals surface area contributed by atoms with E-state index in [1.807, 2.05) is 36.4 Å². The lowest BCUT2D eigenvalue weighted by Gasteiger charge is -2.10. The molecule has 0 atom stereocenters. The van der Waals surface area contributed by atoms with E-state index in [1.165, 1.54) is 4.68 Å². The fourth-order valence-electron chi connectivity index (χ4n) is 2.47. The molecule has 0 aliphatic heterocycles. The van der Waals surface area contributed by atoms with Crippen molar-refractivity contribution >= 4 is 33.0 Å². The number of aromatic nitrogens is 2. The summed E-state index contributed by atoms with van der Waals surface area (Å²) in [6.07, 6.45) is 1.64. The maximum Gasteiger partial charge on any atom is 0.282 e. The first kappa shape index (κ1) is 18.3. The van der Waals surface area contributed by atoms with Gasteiger partial charge in [-0.2, -0.15) is 9.78 Å². The molecule has 2 aromatic carbocycles. The molecular weight excluding hydrogens is 394 g/mol. The van der Waals surface area contributed by atoms with Crippen LogP contribution >= 0.6 is 15.9 Å². The van der Waals surface area contributed by atoms with Crippen LogP contribution in [0.5, 0.6) is 5.75 Å². The first-order valence-electron chi connectivity index (χ1n) is 8.41. The summed E-state index contributed by atoms with van der Waals surface area (Å²) in [6, 6.07) is 13.0. The monoisotopic (exact) mass is 413 g/mol. The Morgan fingerprint density at radius 3 is 2.77 bits per heavy atom. The molecule has 0 aliphatic carbocycles. The Morgan fingerprint density at radius 2 is 2.04 bits per heavy atom. The minimum absolute atomic E-state index is 0.180. The second-order valence-corrected chi connectivity index (χ2v) is 7.29. The van der Waals surface area contributed by atoms with Crippen molar-refractivity contribution in [3.8, 4) is 5.75 Å². The molecule has 0 saturated carbocycles. The number of ether oxygens (including phenoxy) is 1. The molecule has 0 fully saturated rings. The van der Waals surface area contributed by atoms with Crippen LogP contribution in [0.25, 0.3) is 10.9 Å². The van der Waals surface area contributed by atoms with E-state index in [0.717, 1.165) is 15.8 Å². The van der Waals surface area contributed by atoms with Crippen LogP contribution in [0.2, 0.25) is 0 Å². The lowest BCUT2D eigenvalue weighted by atomic mass is 10.2. The fraction of sp³-hybridized carbons (Fsp3) is 0.250. The van der Waals surface area contributed by atoms with Crippen molar-refractivity contribution in [3.05, 3.63) is 68.7 Å². The zero-order valence-corrected chi connectivity index (χ0v) is 16.5. The van der Waals surface area contributed by atoms with Crippen molar-refractivity contribution in [2.24, 2.45) is 11.0 Å². The topological polar surface area (TPSA) is 56.5 Å². The van der Waals surface area contributed by atoms with E-state index < -0.39 is 0 Å². The Morgan fingerprint density at radius 1 is 1.27 bits per heavy atom. The molecule has 0 amide bonds. The van der Waals surface area contributed by atoms with E-state index in [2.05, 4.69) is 39.9 Å². The number of nitrogens with zero attached hydrogens (tertiary/aromatic N) is 3. The standard InChI is InChI=1S/C20H20BrN3O2/c1-13(2)12-26-19-9-8-15(10-17(19)21)11-22-24-14(3)23-18-7-5-4-6-16(18)20(24)25/h4-11,13H,12H2,1-3H3/b22-11+. The predicted molar refractivity (Wildman–Crippen MR) is 108 cm³/mol. The summed E-state index contributed by atoms with van der Waals surface area (Å²) in [5, 5.41) is 4.88. The van der Waals surface area contributed by atoms with Crippen molar-refractivity contribution in [1.82, 2.24) is 9.66 Å². The zero-order chi connectivity index (χ0) is 18.7. The summed E-state index contributed by atoms with van der Waals surface area (Å²) in [5.41, 5.74) is 1.35. The first-order chi connectivity index (χ1) is 12.5. The lowest BCUT2D eigenvalue weighted by molar-refractivity contribution is 0.269. The normalized spacial score (nSPS) is 11.6. The third-order valence-electron chi connectivity index (χ3n) is 3.77. The van der Waals surface area contributed by atoms with E-state index in [0.29, 0.717) is 29.3 Å². The van der Waals surface area contributed by atoms with Crippen LogP contribution in [0, 0.1) is 12.8 Å². The third-order valence-corrected chi connectivity index (χ3v) is 4.39. The summed E-state index contributed by atoms with van der Waals surface area (Å²) < 4.78 is 7.91. The molecule has 0 N–H and O–H groups in total. The molecule has 1 heterocycles. The van der Waals surface area contributed by atoms with Gasteiger partial charge in [0.25, 0.3) is 5.56 Å². The van der Waals surface area contributed by atoms with Crippen molar-refractivity contribution in [3.63, 3.8) is 0 Å². The van der Waals surface area contributed by atoms with Crippen LogP contribution in [-0.2, 0) is 0 Å². The van der Waals surface area contributed by atoms with Crippen LogP contribution in [0.3, 0.4) is 0 Å². The average molecular weight is 414 g/mol. The molecule has 134 valence electrons. The molecule has 3 aromatic rings. The van der Waals surface area contributed by atoms with E-state index in [1.54, 1.807) is 19.2 Å². The van der Waals surface area contributed by atoms with Gasteiger partial charge in [-0.05, 0) is 64.7 Å². The van der Waals surface area contributed by atoms with Gasteiger partial charge in [0.05, 0.1) is 28.2 Å². The maximum absolute atomic E-state index is 12.6. The van der Waals surface area contributed by atoms with E-state index in [4.69, 9.17) is 4.74 Å². The van der Waals surface area contributed by atoms with Gasteiger partial charge in [0, 0.05) is 0 Å². The van der Waals surface area contributed by atoms with Crippen LogP contribution in [0.15, 0.2) is 56.8 Å². The van der Waals surface area contributed by atoms with Crippen molar-refractivity contribution < 1.29 is 4.74 Å². The Balaban J connectivity index is 1.90. The number of aryl methyl sites for hydroxylation is 1. The minimum Gasteiger partial charge on any atom is -0.492 e. The highest BCUT2D eigenvalue weighted by Gasteiger charge is 2.07. The molecule has 0 bridgehead atoms. The van der Waals surface area contributed by atoms with Gasteiger partial charge in [-0.15, -0.1) is 0 Å². The Bertz CT molecular complexity index is 1030. The van der Waals surface area contributed by atoms with Crippen LogP contribution in [0.4, 0.5) is 0 Å². The summed E-state index contributed by atoms with van der Waals surface area (Å²) in [4.78, 5) is 17.1. The second kappa shape index (κ2) is 7.83. The van der Waals surface area contributed by atoms with Gasteiger partial charge in [0.2, 0.25) is 0 Å². The Hall–Kier alpha value is -2.47. The predicted octanol–water partition coefficient (Wildman–Crippen LogP) is 4.38. The molecule has 3 rings (SSSR count). The number of hydrogen-bond donors (Lipinski definition) is 0. The summed E-state index contributed by atoms with van der Waals surface area (Å²) in [5.74, 6) is 1.79. The molecule has 0 unspecified atom stereocenters. The number of rotatable bonds is 5. The second-order valence-electron chi connectivity index (χ2n) is 6.43. The SMILES string of the molecule is Cc1nc2ccccc2c(=O)n1/N=C/c1ccc(OCC(C)C)c(Br)c1. The molecule has 6 heteroatoms. The Kier molecular flexibility index (Phi) is 5.52. The van der Waals surface area contributed by atoms with Crippen molar-refractivity contribution in [1.29, 1.82) is 0 Å². The summed E-state index contributed by atoms with van der Waals surface area (Å²) >= 11 is 3.52. The highest BCUT2D eigenvalue weighted by Crippen LogP contribution is 2.26. The van der Waals surface area contributed by atoms with Gasteiger partial charge in [0.1, 0.15) is 11.6 Å². The maximum atomic E-state index is 12.6. The third kappa shape index (κ3) is 4.02. The average Bonchev–Trinajstić information content (AvgIpc) is 2.60. The summed E-state index contributed by atoms with van der Waals surface area (Å²) in [6.45, 7) is 6.63. The number of halogens is 1. The number of para-hydroxylation sites is 1. The summed E-state index contributed by atoms with van der Waals surface area (Å²) in [7, 11) is 0. The number of fused-ring (bicyclic) bond motifs is 1. The van der Waals surface area contributed by atoms with Gasteiger partial charge in [0.15, 0.2) is 0 Å². The van der Waals surface area contributed by atoms with Gasteiger partial charge < -0.3 is 4.74 Å². The van der Waals surface area contributed by atoms with Gasteiger partial charge in [-0.3, -0.25) is 4.79 Å². The van der Waals surface area contributed by atoms with Crippen molar-refractivity contribution in [2.75, 3.05) is 6.61 Å². The molecular formula is C20H20BrN3O2.